The predicted molar refractivity (Wildman–Crippen MR) is 72.1 cm³/mol. The summed E-state index contributed by atoms with van der Waals surface area (Å²) in [6, 6.07) is 7.97. The number of aryl methyl sites for hydroxylation is 1. The van der Waals surface area contributed by atoms with Gasteiger partial charge in [-0.1, -0.05) is 18.2 Å². The molecule has 0 saturated carbocycles. The van der Waals surface area contributed by atoms with E-state index in [1.807, 2.05) is 45.0 Å². The van der Waals surface area contributed by atoms with Crippen molar-refractivity contribution in [1.82, 2.24) is 5.43 Å². The number of ether oxygens (including phenoxy) is 1. The number of para-hydroxylation sites is 1. The number of benzene rings is 1. The van der Waals surface area contributed by atoms with Crippen LogP contribution in [0.2, 0.25) is 0 Å². The van der Waals surface area contributed by atoms with Crippen LogP contribution >= 0.6 is 0 Å². The Bertz CT molecular complexity index is 521. The molecule has 0 fully saturated rings. The van der Waals surface area contributed by atoms with Crippen molar-refractivity contribution in [2.24, 2.45) is 5.84 Å². The third-order valence-corrected chi connectivity index (χ3v) is 3.15. The van der Waals surface area contributed by atoms with Crippen molar-refractivity contribution in [2.75, 3.05) is 6.61 Å². The van der Waals surface area contributed by atoms with Gasteiger partial charge < -0.3 is 9.15 Å². The molecule has 2 rings (SSSR count). The summed E-state index contributed by atoms with van der Waals surface area (Å²) in [5, 5.41) is 1.09. The summed E-state index contributed by atoms with van der Waals surface area (Å²) in [5.41, 5.74) is 4.80. The van der Waals surface area contributed by atoms with Gasteiger partial charge in [0.2, 0.25) is 0 Å². The number of nitrogens with one attached hydrogen (secondary N) is 1. The summed E-state index contributed by atoms with van der Waals surface area (Å²) in [5.74, 6) is 6.41. The van der Waals surface area contributed by atoms with Gasteiger partial charge in [-0.2, -0.15) is 0 Å². The molecule has 2 aromatic rings. The topological polar surface area (TPSA) is 60.4 Å². The van der Waals surface area contributed by atoms with Crippen molar-refractivity contribution < 1.29 is 9.15 Å². The van der Waals surface area contributed by atoms with Crippen molar-refractivity contribution in [2.45, 2.75) is 32.9 Å². The van der Waals surface area contributed by atoms with Crippen molar-refractivity contribution in [3.05, 3.63) is 35.6 Å². The normalized spacial score (nSPS) is 14.9. The Balaban J connectivity index is 2.37. The zero-order valence-corrected chi connectivity index (χ0v) is 11.1. The van der Waals surface area contributed by atoms with Crippen LogP contribution in [0.15, 0.2) is 28.7 Å². The Labute approximate surface area is 107 Å². The molecule has 2 unspecified atom stereocenters. The van der Waals surface area contributed by atoms with E-state index in [-0.39, 0.29) is 12.1 Å². The molecule has 0 saturated heterocycles. The maximum Gasteiger partial charge on any atom is 0.137 e. The largest absolute Gasteiger partial charge is 0.459 e. The van der Waals surface area contributed by atoms with E-state index in [4.69, 9.17) is 15.0 Å². The smallest absolute Gasteiger partial charge is 0.137 e. The van der Waals surface area contributed by atoms with Gasteiger partial charge in [-0.3, -0.25) is 5.84 Å². The van der Waals surface area contributed by atoms with E-state index in [9.17, 15) is 0 Å². The van der Waals surface area contributed by atoms with Gasteiger partial charge in [-0.05, 0) is 32.4 Å². The average molecular weight is 248 g/mol. The molecular formula is C14H20N2O2. The van der Waals surface area contributed by atoms with Gasteiger partial charge in [-0.25, -0.2) is 5.43 Å². The number of hydrazine groups is 1. The second-order valence-electron chi connectivity index (χ2n) is 4.45. The molecule has 0 radical (unpaired) electrons. The summed E-state index contributed by atoms with van der Waals surface area (Å²) < 4.78 is 11.5. The molecule has 1 aromatic carbocycles. The van der Waals surface area contributed by atoms with Crippen molar-refractivity contribution in [3.8, 4) is 0 Å². The van der Waals surface area contributed by atoms with Crippen LogP contribution < -0.4 is 11.3 Å². The molecule has 0 aliphatic carbocycles. The lowest BCUT2D eigenvalue weighted by Crippen LogP contribution is -2.36. The van der Waals surface area contributed by atoms with Crippen LogP contribution in [-0.4, -0.2) is 12.7 Å². The summed E-state index contributed by atoms with van der Waals surface area (Å²) >= 11 is 0. The fourth-order valence-electron chi connectivity index (χ4n) is 2.19. The third kappa shape index (κ3) is 2.41. The highest BCUT2D eigenvalue weighted by molar-refractivity contribution is 5.81. The molecule has 0 bridgehead atoms. The van der Waals surface area contributed by atoms with Crippen LogP contribution in [-0.2, 0) is 4.74 Å². The molecule has 3 N–H and O–H groups in total. The molecule has 0 amide bonds. The number of furan rings is 1. The first-order chi connectivity index (χ1) is 8.67. The molecule has 98 valence electrons. The molecule has 4 nitrogen and oxygen atoms in total. The minimum Gasteiger partial charge on any atom is -0.459 e. The highest BCUT2D eigenvalue weighted by atomic mass is 16.5. The van der Waals surface area contributed by atoms with Gasteiger partial charge >= 0.3 is 0 Å². The average Bonchev–Trinajstić information content (AvgIpc) is 2.75. The first-order valence-electron chi connectivity index (χ1n) is 6.24. The van der Waals surface area contributed by atoms with E-state index < -0.39 is 0 Å². The molecule has 4 heteroatoms. The second kappa shape index (κ2) is 5.52. The van der Waals surface area contributed by atoms with Crippen LogP contribution in [0, 0.1) is 6.92 Å². The highest BCUT2D eigenvalue weighted by Gasteiger charge is 2.22. The second-order valence-corrected chi connectivity index (χ2v) is 4.45. The van der Waals surface area contributed by atoms with E-state index >= 15 is 0 Å². The first kappa shape index (κ1) is 13.1. The molecule has 0 aliphatic rings. The molecule has 1 heterocycles. The molecule has 0 aliphatic heterocycles. The Morgan fingerprint density at radius 3 is 2.83 bits per heavy atom. The van der Waals surface area contributed by atoms with Crippen LogP contribution in [0.3, 0.4) is 0 Å². The third-order valence-electron chi connectivity index (χ3n) is 3.15. The Morgan fingerprint density at radius 2 is 2.22 bits per heavy atom. The number of nitrogens with two attached hydrogens (primary N) is 1. The van der Waals surface area contributed by atoms with E-state index in [2.05, 4.69) is 5.43 Å². The molecule has 2 atom stereocenters. The van der Waals surface area contributed by atoms with Crippen LogP contribution in [0.25, 0.3) is 11.0 Å². The minimum absolute atomic E-state index is 0.0409. The highest BCUT2D eigenvalue weighted by Crippen LogP contribution is 2.28. The van der Waals surface area contributed by atoms with Gasteiger partial charge in [0.25, 0.3) is 0 Å². The van der Waals surface area contributed by atoms with Gasteiger partial charge in [0.15, 0.2) is 0 Å². The zero-order chi connectivity index (χ0) is 13.1. The lowest BCUT2D eigenvalue weighted by molar-refractivity contribution is 0.0418. The van der Waals surface area contributed by atoms with Crippen molar-refractivity contribution >= 4 is 11.0 Å². The van der Waals surface area contributed by atoms with Gasteiger partial charge in [0.05, 0.1) is 6.10 Å². The van der Waals surface area contributed by atoms with E-state index in [0.717, 1.165) is 22.3 Å². The number of hydrogen-bond donors (Lipinski definition) is 2. The van der Waals surface area contributed by atoms with Gasteiger partial charge in [0, 0.05) is 12.0 Å². The maximum absolute atomic E-state index is 5.90. The monoisotopic (exact) mass is 248 g/mol. The lowest BCUT2D eigenvalue weighted by Gasteiger charge is -2.20. The van der Waals surface area contributed by atoms with E-state index in [1.165, 1.54) is 0 Å². The van der Waals surface area contributed by atoms with Crippen LogP contribution in [0.1, 0.15) is 31.2 Å². The summed E-state index contributed by atoms with van der Waals surface area (Å²) in [4.78, 5) is 0. The van der Waals surface area contributed by atoms with Crippen molar-refractivity contribution in [1.29, 1.82) is 0 Å². The van der Waals surface area contributed by atoms with E-state index in [0.29, 0.717) is 6.61 Å². The number of fused-ring (bicyclic) bond motifs is 1. The molecule has 18 heavy (non-hydrogen) atoms. The molecule has 1 aromatic heterocycles. The molecular weight excluding hydrogens is 228 g/mol. The molecule has 0 spiro atoms. The van der Waals surface area contributed by atoms with Crippen LogP contribution in [0.5, 0.6) is 0 Å². The minimum atomic E-state index is -0.142. The maximum atomic E-state index is 5.90. The van der Waals surface area contributed by atoms with E-state index in [1.54, 1.807) is 0 Å². The van der Waals surface area contributed by atoms with Gasteiger partial charge in [-0.15, -0.1) is 0 Å². The Hall–Kier alpha value is -1.36. The lowest BCUT2D eigenvalue weighted by atomic mass is 10.1. The first-order valence-corrected chi connectivity index (χ1v) is 6.24. The van der Waals surface area contributed by atoms with Crippen molar-refractivity contribution in [3.63, 3.8) is 0 Å². The standard InChI is InChI=1S/C14H20N2O2/c1-4-17-10(3)13(16-15)12-8-11-7-5-6-9(2)14(11)18-12/h5-8,10,13,16H,4,15H2,1-3H3. The van der Waals surface area contributed by atoms with Gasteiger partial charge in [0.1, 0.15) is 17.4 Å². The number of rotatable bonds is 5. The Morgan fingerprint density at radius 1 is 1.44 bits per heavy atom. The number of hydrogen-bond acceptors (Lipinski definition) is 4. The fraction of sp³-hybridized carbons (Fsp3) is 0.429. The summed E-state index contributed by atoms with van der Waals surface area (Å²) in [6.45, 7) is 6.63. The summed E-state index contributed by atoms with van der Waals surface area (Å²) in [6.07, 6.45) is -0.0409. The summed E-state index contributed by atoms with van der Waals surface area (Å²) in [7, 11) is 0. The Kier molecular flexibility index (Phi) is 4.01. The van der Waals surface area contributed by atoms with Crippen LogP contribution in [0.4, 0.5) is 0 Å². The predicted octanol–water partition coefficient (Wildman–Crippen LogP) is 2.67. The SMILES string of the molecule is CCOC(C)C(NN)c1cc2cccc(C)c2o1. The zero-order valence-electron chi connectivity index (χ0n) is 11.1. The fourth-order valence-corrected chi connectivity index (χ4v) is 2.19. The quantitative estimate of drug-likeness (QED) is 0.631.